The lowest BCUT2D eigenvalue weighted by Gasteiger charge is -2.09. The summed E-state index contributed by atoms with van der Waals surface area (Å²) in [6, 6.07) is 26.3. The molecule has 0 aliphatic carbocycles. The van der Waals surface area contributed by atoms with Gasteiger partial charge in [-0.2, -0.15) is 0 Å². The molecule has 1 aliphatic heterocycles. The first-order chi connectivity index (χ1) is 13.7. The third kappa shape index (κ3) is 4.74. The summed E-state index contributed by atoms with van der Waals surface area (Å²) >= 11 is 0. The molecule has 0 saturated heterocycles. The van der Waals surface area contributed by atoms with Gasteiger partial charge in [-0.25, -0.2) is 0 Å². The lowest BCUT2D eigenvalue weighted by atomic mass is 9.96. The monoisotopic (exact) mass is 371 g/mol. The van der Waals surface area contributed by atoms with Gasteiger partial charge in [0.1, 0.15) is 0 Å². The van der Waals surface area contributed by atoms with Crippen molar-refractivity contribution >= 4 is 17.4 Å². The van der Waals surface area contributed by atoms with Crippen molar-refractivity contribution in [3.8, 4) is 11.1 Å². The van der Waals surface area contributed by atoms with Crippen molar-refractivity contribution in [1.82, 2.24) is 0 Å². The number of aryl methyl sites for hydroxylation is 1. The number of carbonyl (C=O) groups excluding carboxylic acids is 2. The Bertz CT molecular complexity index is 948. The van der Waals surface area contributed by atoms with E-state index in [1.807, 2.05) is 0 Å². The number of para-hydroxylation sites is 1. The maximum atomic E-state index is 11.0. The molecule has 0 fully saturated rings. The Labute approximate surface area is 166 Å². The summed E-state index contributed by atoms with van der Waals surface area (Å²) in [6.07, 6.45) is 5.09. The average molecular weight is 371 g/mol. The van der Waals surface area contributed by atoms with E-state index in [2.05, 4.69) is 66.8 Å². The van der Waals surface area contributed by atoms with E-state index in [-0.39, 0.29) is 0 Å². The molecule has 0 unspecified atom stereocenters. The molecule has 1 N–H and O–H groups in total. The maximum absolute atomic E-state index is 11.0. The molecule has 142 valence electrons. The minimum atomic E-state index is -0.536. The number of anilines is 1. The molecule has 0 saturated carbocycles. The summed E-state index contributed by atoms with van der Waals surface area (Å²) in [5.74, 6) is -0.980. The lowest BCUT2D eigenvalue weighted by molar-refractivity contribution is -0.112. The van der Waals surface area contributed by atoms with E-state index < -0.39 is 11.7 Å². The Kier molecular flexibility index (Phi) is 6.74. The molecule has 0 radical (unpaired) electrons. The first-order valence-electron chi connectivity index (χ1n) is 9.78. The Morgan fingerprint density at radius 3 is 2.07 bits per heavy atom. The molecule has 0 aromatic heterocycles. The van der Waals surface area contributed by atoms with E-state index in [1.165, 1.54) is 42.4 Å². The number of nitrogens with one attached hydrogen (secondary N) is 1. The smallest absolute Gasteiger partial charge is 0.296 e. The molecule has 0 bridgehead atoms. The Balaban J connectivity index is 0.000000176. The number of unbranched alkanes of at least 4 members (excludes halogenated alkanes) is 2. The summed E-state index contributed by atoms with van der Waals surface area (Å²) in [6.45, 7) is 2.25. The number of ketones is 1. The molecule has 4 rings (SSSR count). The second kappa shape index (κ2) is 9.65. The van der Waals surface area contributed by atoms with Crippen molar-refractivity contribution in [3.63, 3.8) is 0 Å². The quantitative estimate of drug-likeness (QED) is 0.448. The van der Waals surface area contributed by atoms with Crippen LogP contribution in [0.1, 0.15) is 42.1 Å². The van der Waals surface area contributed by atoms with Crippen LogP contribution in [-0.4, -0.2) is 11.7 Å². The lowest BCUT2D eigenvalue weighted by Crippen LogP contribution is -2.12. The topological polar surface area (TPSA) is 46.2 Å². The van der Waals surface area contributed by atoms with Crippen molar-refractivity contribution in [2.75, 3.05) is 5.32 Å². The van der Waals surface area contributed by atoms with Crippen molar-refractivity contribution in [2.45, 2.75) is 32.6 Å². The third-order valence-electron chi connectivity index (χ3n) is 4.78. The fraction of sp³-hybridized carbons (Fsp3) is 0.200. The van der Waals surface area contributed by atoms with Crippen LogP contribution in [0.15, 0.2) is 78.9 Å². The third-order valence-corrected chi connectivity index (χ3v) is 4.78. The van der Waals surface area contributed by atoms with Crippen LogP contribution in [0.4, 0.5) is 5.69 Å². The highest BCUT2D eigenvalue weighted by Crippen LogP contribution is 2.24. The van der Waals surface area contributed by atoms with E-state index in [0.29, 0.717) is 11.3 Å². The summed E-state index contributed by atoms with van der Waals surface area (Å²) in [4.78, 5) is 21.8. The Hall–Kier alpha value is -3.20. The summed E-state index contributed by atoms with van der Waals surface area (Å²) in [5.41, 5.74) is 5.29. The second-order valence-electron chi connectivity index (χ2n) is 6.81. The van der Waals surface area contributed by atoms with Gasteiger partial charge < -0.3 is 5.32 Å². The van der Waals surface area contributed by atoms with E-state index in [0.717, 1.165) is 0 Å². The second-order valence-corrected chi connectivity index (χ2v) is 6.81. The van der Waals surface area contributed by atoms with Gasteiger partial charge in [0.05, 0.1) is 11.3 Å². The highest BCUT2D eigenvalue weighted by atomic mass is 16.2. The number of hydrogen-bond acceptors (Lipinski definition) is 2. The normalized spacial score (nSPS) is 12.0. The van der Waals surface area contributed by atoms with E-state index >= 15 is 0 Å². The molecule has 0 atom stereocenters. The number of rotatable bonds is 5. The van der Waals surface area contributed by atoms with Crippen LogP contribution in [0, 0.1) is 0 Å². The van der Waals surface area contributed by atoms with Crippen LogP contribution in [-0.2, 0) is 11.2 Å². The standard InChI is InChI=1S/C17H20.C8H5NO2/c1-2-3-5-10-15-13-8-9-14-17(15)16-11-6-4-7-12-16;10-7-5-3-1-2-4-6(5)9-8(7)11/h4,6-9,11-14H,2-3,5,10H2,1H3;1-4H,(H,9,10,11). The first-order valence-corrected chi connectivity index (χ1v) is 9.78. The van der Waals surface area contributed by atoms with Crippen molar-refractivity contribution in [3.05, 3.63) is 90.0 Å². The van der Waals surface area contributed by atoms with Gasteiger partial charge in [-0.3, -0.25) is 9.59 Å². The van der Waals surface area contributed by atoms with Gasteiger partial charge in [-0.05, 0) is 41.7 Å². The van der Waals surface area contributed by atoms with Crippen LogP contribution < -0.4 is 5.32 Å². The van der Waals surface area contributed by atoms with Gasteiger partial charge in [-0.1, -0.05) is 86.5 Å². The van der Waals surface area contributed by atoms with Gasteiger partial charge in [-0.15, -0.1) is 0 Å². The van der Waals surface area contributed by atoms with Crippen LogP contribution in [0.2, 0.25) is 0 Å². The molecular weight excluding hydrogens is 346 g/mol. The molecule has 1 aliphatic rings. The summed E-state index contributed by atoms with van der Waals surface area (Å²) < 4.78 is 0. The summed E-state index contributed by atoms with van der Waals surface area (Å²) in [5, 5.41) is 2.46. The van der Waals surface area contributed by atoms with Crippen molar-refractivity contribution < 1.29 is 9.59 Å². The number of benzene rings is 3. The molecule has 3 aromatic carbocycles. The fourth-order valence-corrected chi connectivity index (χ4v) is 3.29. The maximum Gasteiger partial charge on any atom is 0.296 e. The fourth-order valence-electron chi connectivity index (χ4n) is 3.29. The molecule has 3 aromatic rings. The highest BCUT2D eigenvalue weighted by Gasteiger charge is 2.26. The number of hydrogen-bond donors (Lipinski definition) is 1. The Morgan fingerprint density at radius 1 is 0.714 bits per heavy atom. The van der Waals surface area contributed by atoms with Gasteiger partial charge in [0.15, 0.2) is 0 Å². The number of carbonyl (C=O) groups is 2. The van der Waals surface area contributed by atoms with Gasteiger partial charge in [0.25, 0.3) is 11.7 Å². The molecule has 1 amide bonds. The predicted octanol–water partition coefficient (Wildman–Crippen LogP) is 5.91. The number of amides is 1. The average Bonchev–Trinajstić information content (AvgIpc) is 3.04. The molecule has 28 heavy (non-hydrogen) atoms. The minimum Gasteiger partial charge on any atom is -0.318 e. The SMILES string of the molecule is CCCCCc1ccccc1-c1ccccc1.O=C1Nc2ccccc2C1=O. The largest absolute Gasteiger partial charge is 0.318 e. The van der Waals surface area contributed by atoms with E-state index in [4.69, 9.17) is 0 Å². The first kappa shape index (κ1) is 19.6. The van der Waals surface area contributed by atoms with Crippen LogP contribution in [0.3, 0.4) is 0 Å². The van der Waals surface area contributed by atoms with Gasteiger partial charge in [0, 0.05) is 0 Å². The van der Waals surface area contributed by atoms with E-state index in [9.17, 15) is 9.59 Å². The van der Waals surface area contributed by atoms with Crippen molar-refractivity contribution in [1.29, 1.82) is 0 Å². The minimum absolute atomic E-state index is 0.444. The number of Topliss-reactive ketones (excluding diaryl/α,β-unsaturated/α-hetero) is 1. The van der Waals surface area contributed by atoms with Crippen LogP contribution >= 0.6 is 0 Å². The van der Waals surface area contributed by atoms with Crippen LogP contribution in [0.5, 0.6) is 0 Å². The number of fused-ring (bicyclic) bond motifs is 1. The Morgan fingerprint density at radius 2 is 1.36 bits per heavy atom. The van der Waals surface area contributed by atoms with Gasteiger partial charge in [0.2, 0.25) is 0 Å². The molecule has 3 heteroatoms. The zero-order valence-corrected chi connectivity index (χ0v) is 16.2. The molecular formula is C25H25NO2. The highest BCUT2D eigenvalue weighted by molar-refractivity contribution is 6.51. The summed E-state index contributed by atoms with van der Waals surface area (Å²) in [7, 11) is 0. The van der Waals surface area contributed by atoms with E-state index in [1.54, 1.807) is 24.3 Å². The molecule has 3 nitrogen and oxygen atoms in total. The molecule has 1 heterocycles. The van der Waals surface area contributed by atoms with Crippen LogP contribution in [0.25, 0.3) is 11.1 Å². The van der Waals surface area contributed by atoms with Gasteiger partial charge >= 0.3 is 0 Å². The zero-order valence-electron chi connectivity index (χ0n) is 16.2. The predicted molar refractivity (Wildman–Crippen MR) is 115 cm³/mol. The molecule has 0 spiro atoms. The van der Waals surface area contributed by atoms with Crippen molar-refractivity contribution in [2.24, 2.45) is 0 Å². The zero-order chi connectivity index (χ0) is 19.8.